The number of carbonyl (C=O) groups is 1. The van der Waals surface area contributed by atoms with Crippen molar-refractivity contribution in [2.75, 3.05) is 5.73 Å². The van der Waals surface area contributed by atoms with E-state index < -0.39 is 11.9 Å². The molecule has 0 aromatic carbocycles. The first kappa shape index (κ1) is 19.3. The van der Waals surface area contributed by atoms with Gasteiger partial charge in [0, 0.05) is 18.3 Å². The second-order valence-electron chi connectivity index (χ2n) is 6.85. The predicted octanol–water partition coefficient (Wildman–Crippen LogP) is 2.17. The molecule has 0 aliphatic carbocycles. The number of nitrogens with two attached hydrogens (primary N) is 1. The first-order valence-corrected chi connectivity index (χ1v) is 9.11. The quantitative estimate of drug-likeness (QED) is 0.463. The summed E-state index contributed by atoms with van der Waals surface area (Å²) in [5.41, 5.74) is 8.29. The molecule has 4 rings (SSSR count). The van der Waals surface area contributed by atoms with Gasteiger partial charge in [0.25, 0.3) is 5.89 Å². The van der Waals surface area contributed by atoms with Crippen molar-refractivity contribution in [1.82, 2.24) is 29.8 Å². The molecular weight excluding hydrogens is 390 g/mol. The molecule has 0 spiro atoms. The molecule has 0 aliphatic heterocycles. The molecule has 3 N–H and O–H groups in total. The maximum Gasteiger partial charge on any atom is 0.304 e. The number of aryl methyl sites for hydroxylation is 2. The van der Waals surface area contributed by atoms with Crippen molar-refractivity contribution >= 4 is 11.8 Å². The average Bonchev–Trinajstić information content (AvgIpc) is 3.42. The molecule has 0 radical (unpaired) electrons. The Morgan fingerprint density at radius 3 is 2.73 bits per heavy atom. The fourth-order valence-corrected chi connectivity index (χ4v) is 3.21. The minimum Gasteiger partial charge on any atom is -0.481 e. The first-order chi connectivity index (χ1) is 14.4. The number of anilines is 1. The predicted molar refractivity (Wildman–Crippen MR) is 103 cm³/mol. The molecule has 11 nitrogen and oxygen atoms in total. The Labute approximate surface area is 170 Å². The van der Waals surface area contributed by atoms with Crippen molar-refractivity contribution in [2.45, 2.75) is 32.7 Å². The molecule has 1 unspecified atom stereocenters. The first-order valence-electron chi connectivity index (χ1n) is 9.11. The number of pyridine rings is 1. The third-order valence-electron chi connectivity index (χ3n) is 4.64. The number of rotatable bonds is 7. The summed E-state index contributed by atoms with van der Waals surface area (Å²) >= 11 is 0. The summed E-state index contributed by atoms with van der Waals surface area (Å²) in [4.78, 5) is 24.2. The van der Waals surface area contributed by atoms with Crippen molar-refractivity contribution in [3.05, 3.63) is 59.4 Å². The van der Waals surface area contributed by atoms with Gasteiger partial charge in [-0.3, -0.25) is 4.79 Å². The molecule has 4 heterocycles. The van der Waals surface area contributed by atoms with Gasteiger partial charge in [-0.2, -0.15) is 4.98 Å². The van der Waals surface area contributed by atoms with Crippen LogP contribution in [0.1, 0.15) is 40.9 Å². The number of aromatic nitrogens is 6. The van der Waals surface area contributed by atoms with Crippen LogP contribution >= 0.6 is 0 Å². The lowest BCUT2D eigenvalue weighted by molar-refractivity contribution is -0.137. The Hall–Kier alpha value is -4.02. The molecule has 154 valence electrons. The largest absolute Gasteiger partial charge is 0.481 e. The van der Waals surface area contributed by atoms with Crippen molar-refractivity contribution in [2.24, 2.45) is 0 Å². The number of hydrogen-bond acceptors (Lipinski definition) is 9. The summed E-state index contributed by atoms with van der Waals surface area (Å²) in [5.74, 6) is 0.343. The number of hydrogen-bond donors (Lipinski definition) is 2. The molecule has 11 heteroatoms. The zero-order chi connectivity index (χ0) is 21.3. The summed E-state index contributed by atoms with van der Waals surface area (Å²) in [6, 6.07) is 3.39. The molecule has 0 fully saturated rings. The highest BCUT2D eigenvalue weighted by Crippen LogP contribution is 2.28. The lowest BCUT2D eigenvalue weighted by Gasteiger charge is -2.12. The van der Waals surface area contributed by atoms with E-state index in [1.54, 1.807) is 49.3 Å². The number of carboxylic acids is 1. The maximum absolute atomic E-state index is 11.4. The van der Waals surface area contributed by atoms with Gasteiger partial charge in [0.2, 0.25) is 0 Å². The van der Waals surface area contributed by atoms with E-state index in [0.717, 1.165) is 5.56 Å². The highest BCUT2D eigenvalue weighted by Gasteiger charge is 2.22. The van der Waals surface area contributed by atoms with Crippen molar-refractivity contribution in [1.29, 1.82) is 0 Å². The monoisotopic (exact) mass is 409 g/mol. The van der Waals surface area contributed by atoms with Crippen LogP contribution in [0.5, 0.6) is 0 Å². The zero-order valence-corrected chi connectivity index (χ0v) is 16.3. The zero-order valence-electron chi connectivity index (χ0n) is 16.3. The van der Waals surface area contributed by atoms with E-state index in [0.29, 0.717) is 46.8 Å². The topological polar surface area (TPSA) is 159 Å². The Kier molecular flexibility index (Phi) is 5.00. The lowest BCUT2D eigenvalue weighted by Crippen LogP contribution is -2.09. The third-order valence-corrected chi connectivity index (χ3v) is 4.64. The minimum atomic E-state index is -0.936. The van der Waals surface area contributed by atoms with Gasteiger partial charge in [-0.05, 0) is 25.5 Å². The molecule has 0 bridgehead atoms. The van der Waals surface area contributed by atoms with E-state index in [1.165, 1.54) is 0 Å². The van der Waals surface area contributed by atoms with Crippen LogP contribution in [-0.4, -0.2) is 40.9 Å². The van der Waals surface area contributed by atoms with Crippen LogP contribution in [0.15, 0.2) is 39.9 Å². The normalized spacial score (nSPS) is 12.2. The van der Waals surface area contributed by atoms with Gasteiger partial charge in [0.1, 0.15) is 17.1 Å². The molecule has 0 saturated heterocycles. The second kappa shape index (κ2) is 7.78. The number of aliphatic carboxylic acids is 1. The SMILES string of the molecule is Cc1noc(C)c1-c1nc(Cn2cnc(C(CC(=O)O)c3ccc(N)nc3)c2)no1. The molecule has 30 heavy (non-hydrogen) atoms. The smallest absolute Gasteiger partial charge is 0.304 e. The molecule has 1 atom stereocenters. The van der Waals surface area contributed by atoms with Crippen LogP contribution in [0.3, 0.4) is 0 Å². The second-order valence-corrected chi connectivity index (χ2v) is 6.85. The van der Waals surface area contributed by atoms with Crippen LogP contribution in [0, 0.1) is 13.8 Å². The molecule has 0 amide bonds. The number of carboxylic acid groups (broad SMARTS) is 1. The van der Waals surface area contributed by atoms with E-state index in [4.69, 9.17) is 14.8 Å². The number of imidazole rings is 1. The summed E-state index contributed by atoms with van der Waals surface area (Å²) < 4.78 is 12.2. The summed E-state index contributed by atoms with van der Waals surface area (Å²) in [5, 5.41) is 17.2. The Morgan fingerprint density at radius 2 is 2.07 bits per heavy atom. The average molecular weight is 409 g/mol. The van der Waals surface area contributed by atoms with E-state index in [1.807, 2.05) is 0 Å². The number of nitrogen functional groups attached to an aromatic ring is 1. The van der Waals surface area contributed by atoms with Crippen LogP contribution in [-0.2, 0) is 11.3 Å². The van der Waals surface area contributed by atoms with Crippen molar-refractivity contribution in [3.8, 4) is 11.5 Å². The van der Waals surface area contributed by atoms with Gasteiger partial charge in [-0.25, -0.2) is 9.97 Å². The van der Waals surface area contributed by atoms with E-state index in [-0.39, 0.29) is 6.42 Å². The molecule has 0 saturated carbocycles. The third kappa shape index (κ3) is 3.90. The molecular formula is C19H19N7O4. The van der Waals surface area contributed by atoms with Crippen molar-refractivity contribution in [3.63, 3.8) is 0 Å². The summed E-state index contributed by atoms with van der Waals surface area (Å²) in [6.45, 7) is 3.88. The fourth-order valence-electron chi connectivity index (χ4n) is 3.21. The highest BCUT2D eigenvalue weighted by atomic mass is 16.5. The standard InChI is InChI=1S/C19H19N7O4/c1-10-18(11(2)29-24-10)19-23-16(25-30-19)8-26-7-14(22-9-26)13(5-17(27)28)12-3-4-15(20)21-6-12/h3-4,6-7,9,13H,5,8H2,1-2H3,(H2,20,21)(H,27,28). The van der Waals surface area contributed by atoms with Gasteiger partial charge in [-0.15, -0.1) is 0 Å². The van der Waals surface area contributed by atoms with Gasteiger partial charge in [0.15, 0.2) is 5.82 Å². The lowest BCUT2D eigenvalue weighted by atomic mass is 9.94. The molecule has 4 aromatic rings. The van der Waals surface area contributed by atoms with E-state index in [2.05, 4.69) is 25.3 Å². The van der Waals surface area contributed by atoms with Crippen molar-refractivity contribution < 1.29 is 18.9 Å². The van der Waals surface area contributed by atoms with Gasteiger partial charge in [-0.1, -0.05) is 16.4 Å². The molecule has 4 aromatic heterocycles. The Balaban J connectivity index is 1.56. The minimum absolute atomic E-state index is 0.124. The Morgan fingerprint density at radius 1 is 1.23 bits per heavy atom. The summed E-state index contributed by atoms with van der Waals surface area (Å²) in [6.07, 6.45) is 4.80. The maximum atomic E-state index is 11.4. The van der Waals surface area contributed by atoms with Gasteiger partial charge in [0.05, 0.1) is 30.7 Å². The Bertz CT molecular complexity index is 1160. The number of nitrogens with zero attached hydrogens (tertiary/aromatic N) is 6. The van der Waals surface area contributed by atoms with Crippen LogP contribution in [0.2, 0.25) is 0 Å². The van der Waals surface area contributed by atoms with Crippen LogP contribution < -0.4 is 5.73 Å². The summed E-state index contributed by atoms with van der Waals surface area (Å²) in [7, 11) is 0. The van der Waals surface area contributed by atoms with Crippen LogP contribution in [0.4, 0.5) is 5.82 Å². The highest BCUT2D eigenvalue weighted by molar-refractivity contribution is 5.68. The van der Waals surface area contributed by atoms with E-state index >= 15 is 0 Å². The van der Waals surface area contributed by atoms with Gasteiger partial charge >= 0.3 is 5.97 Å². The fraction of sp³-hybridized carbons (Fsp3) is 0.263. The van der Waals surface area contributed by atoms with E-state index in [9.17, 15) is 9.90 Å². The van der Waals surface area contributed by atoms with Gasteiger partial charge < -0.3 is 24.5 Å². The van der Waals surface area contributed by atoms with Crippen LogP contribution in [0.25, 0.3) is 11.5 Å². The molecule has 0 aliphatic rings.